The number of rotatable bonds is 9. The SMILES string of the molecule is Cc1cc(CCC(=O)c2ccc(-c3ccc(C(F)(F)F)cc3)s2)cc(C)c1OC(C(C)C(=O)O)C(C)(C)C. The summed E-state index contributed by atoms with van der Waals surface area (Å²) in [4.78, 5) is 25.8. The molecule has 1 N–H and O–H groups in total. The first-order valence-corrected chi connectivity index (χ1v) is 13.2. The van der Waals surface area contributed by atoms with Gasteiger partial charge >= 0.3 is 12.1 Å². The first-order chi connectivity index (χ1) is 17.6. The van der Waals surface area contributed by atoms with Gasteiger partial charge < -0.3 is 9.84 Å². The minimum atomic E-state index is -4.39. The van der Waals surface area contributed by atoms with Crippen molar-refractivity contribution in [1.29, 1.82) is 0 Å². The number of carbonyl (C=O) groups is 2. The minimum absolute atomic E-state index is 0.0353. The topological polar surface area (TPSA) is 63.6 Å². The molecular weight excluding hydrogens is 513 g/mol. The van der Waals surface area contributed by atoms with Crippen molar-refractivity contribution < 1.29 is 32.6 Å². The molecule has 0 aliphatic heterocycles. The number of thiophene rings is 1. The number of Topliss-reactive ketones (excluding diaryl/α,β-unsaturated/α-hetero) is 1. The van der Waals surface area contributed by atoms with E-state index in [1.54, 1.807) is 19.1 Å². The number of aliphatic carboxylic acids is 1. The van der Waals surface area contributed by atoms with Crippen LogP contribution in [0.2, 0.25) is 0 Å². The predicted octanol–water partition coefficient (Wildman–Crippen LogP) is 8.38. The van der Waals surface area contributed by atoms with Crippen molar-refractivity contribution in [3.63, 3.8) is 0 Å². The average Bonchev–Trinajstić information content (AvgIpc) is 3.31. The maximum atomic E-state index is 12.9. The van der Waals surface area contributed by atoms with E-state index in [4.69, 9.17) is 4.74 Å². The summed E-state index contributed by atoms with van der Waals surface area (Å²) in [5, 5.41) is 9.55. The zero-order valence-corrected chi connectivity index (χ0v) is 23.2. The van der Waals surface area contributed by atoms with Gasteiger partial charge in [-0.3, -0.25) is 9.59 Å². The Labute approximate surface area is 225 Å². The third-order valence-electron chi connectivity index (χ3n) is 6.48. The molecule has 3 rings (SSSR count). The molecule has 0 bridgehead atoms. The van der Waals surface area contributed by atoms with Gasteiger partial charge in [-0.1, -0.05) is 45.0 Å². The van der Waals surface area contributed by atoms with Crippen LogP contribution in [0.3, 0.4) is 0 Å². The standard InChI is InChI=1S/C30H33F3O4S/c1-17-15-20(16-18(2)26(17)37-27(29(4,5)6)19(3)28(35)36)7-12-23(34)25-14-13-24(38-25)21-8-10-22(11-9-21)30(31,32)33/h8-11,13-16,19,27H,7,12H2,1-6H3,(H,35,36). The second kappa shape index (κ2) is 11.3. The smallest absolute Gasteiger partial charge is 0.416 e. The molecule has 0 saturated heterocycles. The number of alkyl halides is 3. The van der Waals surface area contributed by atoms with Crippen LogP contribution in [-0.4, -0.2) is 23.0 Å². The Kier molecular flexibility index (Phi) is 8.76. The van der Waals surface area contributed by atoms with Crippen LogP contribution in [0.25, 0.3) is 10.4 Å². The van der Waals surface area contributed by atoms with Crippen molar-refractivity contribution in [2.75, 3.05) is 0 Å². The van der Waals surface area contributed by atoms with Crippen molar-refractivity contribution in [3.05, 3.63) is 75.7 Å². The summed E-state index contributed by atoms with van der Waals surface area (Å²) in [6.07, 6.45) is -4.11. The number of aryl methyl sites for hydroxylation is 3. The first-order valence-electron chi connectivity index (χ1n) is 12.4. The highest BCUT2D eigenvalue weighted by Gasteiger charge is 2.36. The lowest BCUT2D eigenvalue weighted by molar-refractivity contribution is -0.146. The van der Waals surface area contributed by atoms with Gasteiger partial charge in [0.15, 0.2) is 5.78 Å². The zero-order valence-electron chi connectivity index (χ0n) is 22.4. The number of carboxylic acid groups (broad SMARTS) is 1. The Bertz CT molecular complexity index is 1280. The van der Waals surface area contributed by atoms with Crippen LogP contribution in [0.4, 0.5) is 13.2 Å². The summed E-state index contributed by atoms with van der Waals surface area (Å²) in [7, 11) is 0. The fourth-order valence-corrected chi connectivity index (χ4v) is 5.48. The lowest BCUT2D eigenvalue weighted by atomic mass is 9.81. The van der Waals surface area contributed by atoms with Gasteiger partial charge in [-0.25, -0.2) is 0 Å². The molecule has 0 aliphatic carbocycles. The van der Waals surface area contributed by atoms with Crippen LogP contribution in [0.15, 0.2) is 48.5 Å². The second-order valence-electron chi connectivity index (χ2n) is 10.8. The molecule has 2 aromatic carbocycles. The number of ether oxygens (including phenoxy) is 1. The van der Waals surface area contributed by atoms with Crippen LogP contribution < -0.4 is 4.74 Å². The molecule has 1 heterocycles. The fraction of sp³-hybridized carbons (Fsp3) is 0.400. The van der Waals surface area contributed by atoms with E-state index < -0.39 is 29.7 Å². The molecule has 1 aromatic heterocycles. The number of hydrogen-bond acceptors (Lipinski definition) is 4. The number of halogens is 3. The Hall–Kier alpha value is -3.13. The number of ketones is 1. The highest BCUT2D eigenvalue weighted by atomic mass is 32.1. The molecule has 0 radical (unpaired) electrons. The van der Waals surface area contributed by atoms with E-state index in [0.29, 0.717) is 22.6 Å². The Morgan fingerprint density at radius 1 is 0.974 bits per heavy atom. The molecule has 0 spiro atoms. The van der Waals surface area contributed by atoms with Crippen molar-refractivity contribution in [2.24, 2.45) is 11.3 Å². The summed E-state index contributed by atoms with van der Waals surface area (Å²) >= 11 is 1.27. The quantitative estimate of drug-likeness (QED) is 0.274. The van der Waals surface area contributed by atoms with Crippen molar-refractivity contribution in [2.45, 2.75) is 66.7 Å². The molecule has 3 aromatic rings. The molecule has 204 valence electrons. The van der Waals surface area contributed by atoms with Gasteiger partial charge in [0.2, 0.25) is 0 Å². The van der Waals surface area contributed by atoms with Crippen LogP contribution in [0.5, 0.6) is 5.75 Å². The van der Waals surface area contributed by atoms with E-state index >= 15 is 0 Å². The highest BCUT2D eigenvalue weighted by Crippen LogP contribution is 2.35. The first kappa shape index (κ1) is 29.4. The van der Waals surface area contributed by atoms with Gasteiger partial charge in [0.25, 0.3) is 0 Å². The molecule has 2 atom stereocenters. The summed E-state index contributed by atoms with van der Waals surface area (Å²) in [6, 6.07) is 12.3. The molecule has 8 heteroatoms. The lowest BCUT2D eigenvalue weighted by Crippen LogP contribution is -2.41. The highest BCUT2D eigenvalue weighted by molar-refractivity contribution is 7.17. The maximum Gasteiger partial charge on any atom is 0.416 e. The number of carbonyl (C=O) groups excluding carboxylic acids is 1. The minimum Gasteiger partial charge on any atom is -0.488 e. The normalized spacial score (nSPS) is 13.7. The summed E-state index contributed by atoms with van der Waals surface area (Å²) in [5.74, 6) is -0.978. The molecule has 0 saturated carbocycles. The zero-order chi connectivity index (χ0) is 28.4. The third-order valence-corrected chi connectivity index (χ3v) is 7.66. The molecule has 38 heavy (non-hydrogen) atoms. The molecule has 0 fully saturated rings. The van der Waals surface area contributed by atoms with E-state index in [0.717, 1.165) is 33.7 Å². The molecule has 2 unspecified atom stereocenters. The second-order valence-corrected chi connectivity index (χ2v) is 11.8. The number of carboxylic acids is 1. The Balaban J connectivity index is 1.69. The monoisotopic (exact) mass is 546 g/mol. The van der Waals surface area contributed by atoms with Crippen LogP contribution >= 0.6 is 11.3 Å². The maximum absolute atomic E-state index is 12.9. The largest absolute Gasteiger partial charge is 0.488 e. The Morgan fingerprint density at radius 2 is 1.55 bits per heavy atom. The summed E-state index contributed by atoms with van der Waals surface area (Å²) in [6.45, 7) is 11.3. The summed E-state index contributed by atoms with van der Waals surface area (Å²) in [5.41, 5.74) is 2.26. The van der Waals surface area contributed by atoms with Gasteiger partial charge in [-0.2, -0.15) is 13.2 Å². The fourth-order valence-electron chi connectivity index (χ4n) is 4.50. The van der Waals surface area contributed by atoms with E-state index in [1.165, 1.54) is 23.5 Å². The number of hydrogen-bond donors (Lipinski definition) is 1. The van der Waals surface area contributed by atoms with Gasteiger partial charge in [0.05, 0.1) is 16.4 Å². The van der Waals surface area contributed by atoms with Gasteiger partial charge in [0.1, 0.15) is 11.9 Å². The lowest BCUT2D eigenvalue weighted by Gasteiger charge is -2.35. The van der Waals surface area contributed by atoms with E-state index in [9.17, 15) is 27.9 Å². The van der Waals surface area contributed by atoms with E-state index in [-0.39, 0.29) is 17.6 Å². The van der Waals surface area contributed by atoms with Crippen LogP contribution in [-0.2, 0) is 17.4 Å². The molecular formula is C30H33F3O4S. The molecule has 4 nitrogen and oxygen atoms in total. The molecule has 0 aliphatic rings. The average molecular weight is 547 g/mol. The van der Waals surface area contributed by atoms with Crippen LogP contribution in [0.1, 0.15) is 66.0 Å². The Morgan fingerprint density at radius 3 is 2.05 bits per heavy atom. The van der Waals surface area contributed by atoms with Gasteiger partial charge in [-0.05, 0) is 79.1 Å². The van der Waals surface area contributed by atoms with Crippen LogP contribution in [0, 0.1) is 25.2 Å². The molecule has 0 amide bonds. The van der Waals surface area contributed by atoms with Crippen molar-refractivity contribution >= 4 is 23.1 Å². The third kappa shape index (κ3) is 7.04. The predicted molar refractivity (Wildman–Crippen MR) is 144 cm³/mol. The van der Waals surface area contributed by atoms with E-state index in [2.05, 4.69) is 0 Å². The van der Waals surface area contributed by atoms with E-state index in [1.807, 2.05) is 46.8 Å². The van der Waals surface area contributed by atoms with Gasteiger partial charge in [0, 0.05) is 11.3 Å². The van der Waals surface area contributed by atoms with Crippen molar-refractivity contribution in [3.8, 4) is 16.2 Å². The van der Waals surface area contributed by atoms with Crippen molar-refractivity contribution in [1.82, 2.24) is 0 Å². The number of benzene rings is 2. The van der Waals surface area contributed by atoms with Gasteiger partial charge in [-0.15, -0.1) is 11.3 Å². The summed E-state index contributed by atoms with van der Waals surface area (Å²) < 4.78 is 44.7.